The Hall–Kier alpha value is -5.94. The Morgan fingerprint density at radius 3 is 2.26 bits per heavy atom. The standard InChI is InChI=1S/C53H50N4O/c1-31-18-23-41-47-45(31)37-22-20-33(58-34-19-21-36-35-14-11-13-17-42(35)56(43(36)30-34)44-28-32(24-27-54-44)50(2,3)4)29-39(37)49-55-46-38-15-10-12-16-40(38)51(5,6)25-26-53(9,52(41,7)8)48(46)57(47)49/h10-24,27-30H,25-26H2,1-9H3/i1D3. The minimum Gasteiger partial charge on any atom is -0.457 e. The Bertz CT molecular complexity index is 3340. The smallest absolute Gasteiger partial charge is 0.146 e. The van der Waals surface area contributed by atoms with E-state index in [1.54, 1.807) is 0 Å². The lowest BCUT2D eigenvalue weighted by atomic mass is 9.55. The van der Waals surface area contributed by atoms with Gasteiger partial charge in [-0.1, -0.05) is 110 Å². The predicted molar refractivity (Wildman–Crippen MR) is 240 cm³/mol. The summed E-state index contributed by atoms with van der Waals surface area (Å²) in [7, 11) is 0. The second-order valence-electron chi connectivity index (χ2n) is 19.2. The molecule has 0 fully saturated rings. The van der Waals surface area contributed by atoms with Crippen molar-refractivity contribution in [2.45, 2.75) is 96.7 Å². The molecule has 1 atom stereocenters. The highest BCUT2D eigenvalue weighted by atomic mass is 16.5. The molecule has 5 nitrogen and oxygen atoms in total. The topological polar surface area (TPSA) is 44.3 Å². The van der Waals surface area contributed by atoms with E-state index < -0.39 is 6.85 Å². The fourth-order valence-electron chi connectivity index (χ4n) is 10.5. The van der Waals surface area contributed by atoms with Crippen LogP contribution in [0.15, 0.2) is 115 Å². The molecular formula is C53H50N4O. The van der Waals surface area contributed by atoms with Crippen LogP contribution >= 0.6 is 0 Å². The minimum atomic E-state index is -2.33. The number of ether oxygens (including phenoxy) is 1. The van der Waals surface area contributed by atoms with Gasteiger partial charge in [0.2, 0.25) is 0 Å². The van der Waals surface area contributed by atoms with Crippen molar-refractivity contribution in [3.63, 3.8) is 0 Å². The van der Waals surface area contributed by atoms with E-state index >= 15 is 0 Å². The molecule has 11 rings (SSSR count). The molecule has 1 aliphatic carbocycles. The maximum atomic E-state index is 8.81. The van der Waals surface area contributed by atoms with Gasteiger partial charge < -0.3 is 4.74 Å². The molecule has 58 heavy (non-hydrogen) atoms. The number of imidazole rings is 1. The van der Waals surface area contributed by atoms with Crippen molar-refractivity contribution in [3.8, 4) is 28.6 Å². The van der Waals surface area contributed by atoms with Gasteiger partial charge >= 0.3 is 0 Å². The maximum Gasteiger partial charge on any atom is 0.146 e. The third kappa shape index (κ3) is 4.64. The van der Waals surface area contributed by atoms with E-state index in [2.05, 4.69) is 149 Å². The van der Waals surface area contributed by atoms with Crippen LogP contribution in [0.3, 0.4) is 0 Å². The molecule has 0 saturated carbocycles. The number of aromatic nitrogens is 4. The molecule has 5 heterocycles. The number of rotatable bonds is 3. The van der Waals surface area contributed by atoms with Crippen LogP contribution in [0.4, 0.5) is 0 Å². The summed E-state index contributed by atoms with van der Waals surface area (Å²) in [5.41, 5.74) is 10.4. The van der Waals surface area contributed by atoms with E-state index in [9.17, 15) is 0 Å². The zero-order chi connectivity index (χ0) is 42.6. The van der Waals surface area contributed by atoms with Crippen LogP contribution in [0, 0.1) is 6.85 Å². The van der Waals surface area contributed by atoms with Gasteiger partial charge in [0.15, 0.2) is 0 Å². The molecule has 9 aromatic rings. The molecule has 1 unspecified atom stereocenters. The maximum absolute atomic E-state index is 8.81. The average Bonchev–Trinajstić information content (AvgIpc) is 3.78. The predicted octanol–water partition coefficient (Wildman–Crippen LogP) is 13.8. The Labute approximate surface area is 344 Å². The molecular weight excluding hydrogens is 709 g/mol. The normalized spacial score (nSPS) is 19.3. The van der Waals surface area contributed by atoms with Crippen molar-refractivity contribution >= 4 is 49.1 Å². The first-order valence-corrected chi connectivity index (χ1v) is 20.6. The molecule has 0 amide bonds. The van der Waals surface area contributed by atoms with Gasteiger partial charge in [0.1, 0.15) is 23.0 Å². The van der Waals surface area contributed by atoms with Crippen molar-refractivity contribution in [3.05, 3.63) is 143 Å². The number of benzene rings is 5. The van der Waals surface area contributed by atoms with Gasteiger partial charge in [-0.05, 0) is 107 Å². The number of nitrogens with zero attached hydrogens (tertiary/aromatic N) is 4. The van der Waals surface area contributed by atoms with Gasteiger partial charge in [0.25, 0.3) is 0 Å². The van der Waals surface area contributed by atoms with E-state index in [-0.39, 0.29) is 21.7 Å². The Balaban J connectivity index is 1.17. The fraction of sp³-hybridized carbons (Fsp3) is 0.283. The molecule has 0 saturated heterocycles. The molecule has 0 spiro atoms. The van der Waals surface area contributed by atoms with Gasteiger partial charge in [0.05, 0.1) is 27.9 Å². The quantitative estimate of drug-likeness (QED) is 0.168. The first-order chi connectivity index (χ1) is 28.9. The summed E-state index contributed by atoms with van der Waals surface area (Å²) in [6.07, 6.45) is 3.84. The number of pyridine rings is 2. The lowest BCUT2D eigenvalue weighted by molar-refractivity contribution is 0.220. The van der Waals surface area contributed by atoms with Crippen LogP contribution < -0.4 is 4.74 Å². The summed E-state index contributed by atoms with van der Waals surface area (Å²) < 4.78 is 37.8. The summed E-state index contributed by atoms with van der Waals surface area (Å²) in [6.45, 7) is 16.1. The zero-order valence-electron chi connectivity index (χ0n) is 37.6. The summed E-state index contributed by atoms with van der Waals surface area (Å²) in [4.78, 5) is 10.5. The van der Waals surface area contributed by atoms with Crippen molar-refractivity contribution in [1.82, 2.24) is 18.9 Å². The zero-order valence-corrected chi connectivity index (χ0v) is 34.6. The van der Waals surface area contributed by atoms with Crippen molar-refractivity contribution < 1.29 is 8.85 Å². The Morgan fingerprint density at radius 2 is 1.45 bits per heavy atom. The number of fused-ring (bicyclic) bond motifs is 8. The monoisotopic (exact) mass is 761 g/mol. The lowest BCUT2D eigenvalue weighted by Crippen LogP contribution is -2.48. The Kier molecular flexibility index (Phi) is 6.41. The van der Waals surface area contributed by atoms with E-state index in [4.69, 9.17) is 18.8 Å². The number of hydrogen-bond acceptors (Lipinski definition) is 3. The highest BCUT2D eigenvalue weighted by Crippen LogP contribution is 2.59. The largest absolute Gasteiger partial charge is 0.457 e. The average molecular weight is 762 g/mol. The SMILES string of the molecule is [2H]C([2H])([2H])c1ccc2c3c1c1ccc(Oc4ccc5c6ccccc6n(-c6cc(C(C)(C)C)ccn6)c5c4)cc1c1nc4c(n13)C(C)(CCC(C)(C)c1ccccc1-4)C2(C)C. The Morgan fingerprint density at radius 1 is 0.707 bits per heavy atom. The van der Waals surface area contributed by atoms with Crippen LogP contribution in [0.25, 0.3) is 66.2 Å². The molecule has 5 aromatic carbocycles. The molecule has 4 aromatic heterocycles. The second kappa shape index (κ2) is 11.6. The van der Waals surface area contributed by atoms with Gasteiger partial charge in [-0.25, -0.2) is 9.97 Å². The van der Waals surface area contributed by atoms with Crippen LogP contribution in [0.1, 0.15) is 100 Å². The van der Waals surface area contributed by atoms with Crippen LogP contribution in [0.2, 0.25) is 0 Å². The van der Waals surface area contributed by atoms with Gasteiger partial charge in [0, 0.05) is 54.3 Å². The van der Waals surface area contributed by atoms with E-state index in [1.165, 1.54) is 11.1 Å². The van der Waals surface area contributed by atoms with Crippen molar-refractivity contribution in [2.24, 2.45) is 0 Å². The molecule has 0 radical (unpaired) electrons. The molecule has 5 heteroatoms. The number of para-hydroxylation sites is 1. The molecule has 0 bridgehead atoms. The summed E-state index contributed by atoms with van der Waals surface area (Å²) in [5, 5.41) is 4.73. The second-order valence-corrected chi connectivity index (χ2v) is 19.2. The van der Waals surface area contributed by atoms with Crippen molar-refractivity contribution in [1.29, 1.82) is 0 Å². The molecule has 288 valence electrons. The van der Waals surface area contributed by atoms with Crippen molar-refractivity contribution in [2.75, 3.05) is 0 Å². The number of aryl methyl sites for hydroxylation is 1. The van der Waals surface area contributed by atoms with E-state index in [0.29, 0.717) is 17.1 Å². The van der Waals surface area contributed by atoms with Gasteiger partial charge in [-0.2, -0.15) is 0 Å². The van der Waals surface area contributed by atoms with Crippen LogP contribution in [0.5, 0.6) is 11.5 Å². The highest BCUT2D eigenvalue weighted by Gasteiger charge is 2.52. The minimum absolute atomic E-state index is 0.0383. The molecule has 1 aliphatic heterocycles. The van der Waals surface area contributed by atoms with E-state index in [1.807, 2.05) is 30.5 Å². The number of hydrogen-bond donors (Lipinski definition) is 0. The molecule has 0 N–H and O–H groups in total. The first kappa shape index (κ1) is 32.1. The van der Waals surface area contributed by atoms with Gasteiger partial charge in [-0.3, -0.25) is 8.97 Å². The summed E-state index contributed by atoms with van der Waals surface area (Å²) >= 11 is 0. The fourth-order valence-corrected chi connectivity index (χ4v) is 10.5. The van der Waals surface area contributed by atoms with Crippen LogP contribution in [-0.2, 0) is 21.7 Å². The highest BCUT2D eigenvalue weighted by molar-refractivity contribution is 6.15. The third-order valence-corrected chi connectivity index (χ3v) is 14.2. The van der Waals surface area contributed by atoms with Gasteiger partial charge in [-0.15, -0.1) is 0 Å². The van der Waals surface area contributed by atoms with E-state index in [0.717, 1.165) is 90.3 Å². The summed E-state index contributed by atoms with van der Waals surface area (Å²) in [6, 6.07) is 37.8. The molecule has 2 aliphatic rings. The third-order valence-electron chi connectivity index (χ3n) is 14.2. The lowest BCUT2D eigenvalue weighted by Gasteiger charge is -2.50. The van der Waals surface area contributed by atoms with Crippen LogP contribution in [-0.4, -0.2) is 18.9 Å². The summed E-state index contributed by atoms with van der Waals surface area (Å²) in [5.74, 6) is 2.19. The first-order valence-electron chi connectivity index (χ1n) is 22.1.